The molecule has 1 heterocycles. The Hall–Kier alpha value is -0.650. The number of hydrogen-bond acceptors (Lipinski definition) is 3. The molecule has 144 valence electrons. The van der Waals surface area contributed by atoms with E-state index in [1.165, 1.54) is 26.8 Å². The molecule has 0 radical (unpaired) electrons. The van der Waals surface area contributed by atoms with E-state index in [0.29, 0.717) is 0 Å². The molecule has 0 saturated heterocycles. The summed E-state index contributed by atoms with van der Waals surface area (Å²) in [7, 11) is -2.08. The van der Waals surface area contributed by atoms with Crippen molar-refractivity contribution in [1.82, 2.24) is 9.71 Å². The first-order valence-electron chi connectivity index (χ1n) is 7.01. The molecule has 25 heavy (non-hydrogen) atoms. The summed E-state index contributed by atoms with van der Waals surface area (Å²) < 4.78 is 80.8. The maximum Gasteiger partial charge on any atom is 0.417 e. The number of hydrogen-bond donors (Lipinski definition) is 2. The van der Waals surface area contributed by atoms with Gasteiger partial charge < -0.3 is 5.11 Å². The van der Waals surface area contributed by atoms with Crippen molar-refractivity contribution in [2.24, 2.45) is 0 Å². The topological polar surface area (TPSA) is 62.2 Å². The van der Waals surface area contributed by atoms with Gasteiger partial charge in [0.05, 0.1) is 15.7 Å². The van der Waals surface area contributed by atoms with Crippen LogP contribution in [0.4, 0.5) is 22.0 Å². The Labute approximate surface area is 152 Å². The Morgan fingerprint density at radius 3 is 2.20 bits per heavy atom. The quantitative estimate of drug-likeness (QED) is 0.530. The van der Waals surface area contributed by atoms with Gasteiger partial charge in [-0.15, -0.1) is 0 Å². The Balaban J connectivity index is 3.51. The molecule has 0 fully saturated rings. The summed E-state index contributed by atoms with van der Waals surface area (Å²) in [5, 5.41) is 9.33. The number of rotatable bonds is 5. The van der Waals surface area contributed by atoms with Crippen LogP contribution in [0.25, 0.3) is 0 Å². The summed E-state index contributed by atoms with van der Waals surface area (Å²) in [6.45, 7) is 5.35. The van der Waals surface area contributed by atoms with E-state index in [4.69, 9.17) is 0 Å². The van der Waals surface area contributed by atoms with E-state index in [0.717, 1.165) is 13.0 Å². The molecule has 1 unspecified atom stereocenters. The smallest absolute Gasteiger partial charge is 0.381 e. The average molecular weight is 453 g/mol. The van der Waals surface area contributed by atoms with Crippen LogP contribution in [0, 0.1) is 5.82 Å². The third-order valence-electron chi connectivity index (χ3n) is 3.33. The fourth-order valence-electron chi connectivity index (χ4n) is 1.85. The van der Waals surface area contributed by atoms with E-state index in [2.05, 4.69) is 25.6 Å². The summed E-state index contributed by atoms with van der Waals surface area (Å²) in [4.78, 5) is 3.69. The van der Waals surface area contributed by atoms with Gasteiger partial charge in [-0.1, -0.05) is 0 Å². The van der Waals surface area contributed by atoms with Gasteiger partial charge in [0.15, 0.2) is 12.3 Å². The predicted octanol–water partition coefficient (Wildman–Crippen LogP) is 3.51. The second-order valence-electron chi connectivity index (χ2n) is 6.54. The first-order chi connectivity index (χ1) is 11.1. The van der Waals surface area contributed by atoms with E-state index in [9.17, 15) is 31.3 Å². The number of aliphatic hydroxyl groups is 1. The summed E-state index contributed by atoms with van der Waals surface area (Å²) >= 11 is 2.93. The zero-order valence-corrected chi connectivity index (χ0v) is 16.2. The normalized spacial score (nSPS) is 19.2. The van der Waals surface area contributed by atoms with E-state index in [-0.39, 0.29) is 4.60 Å². The molecule has 0 spiro atoms. The zero-order valence-electron chi connectivity index (χ0n) is 13.8. The van der Waals surface area contributed by atoms with Crippen LogP contribution in [-0.4, -0.2) is 37.5 Å². The lowest BCUT2D eigenvalue weighted by atomic mass is 9.88. The molecule has 11 heteroatoms. The molecular formula is C14H18BrF5N2O2S. The number of nitrogens with one attached hydrogen (secondary N) is 1. The number of aliphatic hydroxyl groups excluding tert-OH is 1. The lowest BCUT2D eigenvalue weighted by Crippen LogP contribution is -2.58. The van der Waals surface area contributed by atoms with Gasteiger partial charge in [0, 0.05) is 0 Å². The number of alkyl halides is 4. The van der Waals surface area contributed by atoms with E-state index < -0.39 is 51.2 Å². The van der Waals surface area contributed by atoms with Crippen LogP contribution in [0.2, 0.25) is 0 Å². The zero-order chi connectivity index (χ0) is 19.8. The van der Waals surface area contributed by atoms with Crippen molar-refractivity contribution < 1.29 is 31.3 Å². The maximum absolute atomic E-state index is 14.7. The van der Waals surface area contributed by atoms with Gasteiger partial charge in [-0.3, -0.25) is 0 Å². The highest BCUT2D eigenvalue weighted by molar-refractivity contribution is 9.10. The molecule has 4 nitrogen and oxygen atoms in total. The average Bonchev–Trinajstić information content (AvgIpc) is 2.45. The molecule has 0 aromatic carbocycles. The van der Waals surface area contributed by atoms with E-state index in [1.54, 1.807) is 0 Å². The predicted molar refractivity (Wildman–Crippen MR) is 87.2 cm³/mol. The van der Waals surface area contributed by atoms with E-state index >= 15 is 0 Å². The van der Waals surface area contributed by atoms with Gasteiger partial charge >= 0.3 is 6.18 Å². The molecule has 0 aliphatic carbocycles. The van der Waals surface area contributed by atoms with Crippen molar-refractivity contribution >= 4 is 26.9 Å². The number of nitrogens with zero attached hydrogens (tertiary/aromatic N) is 1. The molecule has 2 N–H and O–H groups in total. The first-order valence-corrected chi connectivity index (χ1v) is 8.96. The van der Waals surface area contributed by atoms with Crippen LogP contribution in [0.15, 0.2) is 16.7 Å². The van der Waals surface area contributed by atoms with Crippen molar-refractivity contribution in [3.63, 3.8) is 0 Å². The maximum atomic E-state index is 14.7. The Morgan fingerprint density at radius 1 is 1.24 bits per heavy atom. The van der Waals surface area contributed by atoms with E-state index in [1.807, 2.05) is 0 Å². The molecule has 1 aromatic heterocycles. The highest BCUT2D eigenvalue weighted by Crippen LogP contribution is 2.36. The standard InChI is InChI=1S/C14H18BrF5N2O2S/c1-12(2,3)25(24)22-13(4,9(17)11(23)14(18,19)20)10-7(16)5-6-8(15)21-10/h5-6,9,11,22-23H,1-4H3/t9-,11+,13-,25?/m0/s1. The second kappa shape index (κ2) is 7.53. The minimum Gasteiger partial charge on any atom is -0.381 e. The van der Waals surface area contributed by atoms with Crippen LogP contribution >= 0.6 is 15.9 Å². The van der Waals surface area contributed by atoms with Crippen molar-refractivity contribution in [3.05, 3.63) is 28.2 Å². The lowest BCUT2D eigenvalue weighted by Gasteiger charge is -2.37. The third kappa shape index (κ3) is 5.18. The molecule has 1 rings (SSSR count). The highest BCUT2D eigenvalue weighted by Gasteiger charge is 2.54. The van der Waals surface area contributed by atoms with Gasteiger partial charge in [0.25, 0.3) is 0 Å². The van der Waals surface area contributed by atoms with Crippen molar-refractivity contribution in [2.75, 3.05) is 0 Å². The van der Waals surface area contributed by atoms with Crippen LogP contribution in [0.1, 0.15) is 33.4 Å². The largest absolute Gasteiger partial charge is 0.417 e. The Morgan fingerprint density at radius 2 is 1.76 bits per heavy atom. The first kappa shape index (κ1) is 22.4. The number of halogens is 6. The summed E-state index contributed by atoms with van der Waals surface area (Å²) in [6.07, 6.45) is -11.8. The fraction of sp³-hybridized carbons (Fsp3) is 0.643. The molecule has 0 bridgehead atoms. The van der Waals surface area contributed by atoms with Crippen LogP contribution < -0.4 is 4.72 Å². The minimum absolute atomic E-state index is 0.0344. The summed E-state index contributed by atoms with van der Waals surface area (Å²) in [5.74, 6) is -1.11. The number of aromatic nitrogens is 1. The van der Waals surface area contributed by atoms with Gasteiger partial charge in [-0.2, -0.15) is 13.2 Å². The summed E-state index contributed by atoms with van der Waals surface area (Å²) in [6, 6.07) is 2.05. The molecule has 0 aliphatic heterocycles. The van der Waals surface area contributed by atoms with Crippen molar-refractivity contribution in [1.29, 1.82) is 0 Å². The monoisotopic (exact) mass is 452 g/mol. The molecule has 0 aliphatic rings. The fourth-order valence-corrected chi connectivity index (χ4v) is 3.06. The van der Waals surface area contributed by atoms with Gasteiger partial charge in [-0.25, -0.2) is 22.7 Å². The van der Waals surface area contributed by atoms with Gasteiger partial charge in [-0.05, 0) is 55.8 Å². The number of pyridine rings is 1. The van der Waals surface area contributed by atoms with Crippen molar-refractivity contribution in [2.45, 2.75) is 56.4 Å². The molecule has 0 amide bonds. The van der Waals surface area contributed by atoms with Crippen molar-refractivity contribution in [3.8, 4) is 0 Å². The van der Waals surface area contributed by atoms with Crippen LogP contribution in [0.3, 0.4) is 0 Å². The van der Waals surface area contributed by atoms with Crippen LogP contribution in [0.5, 0.6) is 0 Å². The van der Waals surface area contributed by atoms with Gasteiger partial charge in [0.2, 0.25) is 0 Å². The highest BCUT2D eigenvalue weighted by atomic mass is 79.9. The SMILES string of the molecule is CC(C)(C)S(=O)N[C@](C)(c1nc(Br)ccc1F)[C@@H](F)[C@@H](O)C(F)(F)F. The Bertz CT molecular complexity index is 653. The molecule has 1 aromatic rings. The summed E-state index contributed by atoms with van der Waals surface area (Å²) in [5.41, 5.74) is -3.25. The minimum atomic E-state index is -5.30. The lowest BCUT2D eigenvalue weighted by molar-refractivity contribution is -0.228. The molecule has 0 saturated carbocycles. The third-order valence-corrected chi connectivity index (χ3v) is 5.49. The molecular weight excluding hydrogens is 435 g/mol. The molecule has 4 atom stereocenters. The van der Waals surface area contributed by atoms with Crippen LogP contribution in [-0.2, 0) is 16.5 Å². The van der Waals surface area contributed by atoms with Gasteiger partial charge in [0.1, 0.15) is 21.7 Å². The second-order valence-corrected chi connectivity index (χ2v) is 9.32. The Kier molecular flexibility index (Phi) is 6.75.